The summed E-state index contributed by atoms with van der Waals surface area (Å²) in [6.45, 7) is 3.04. The van der Waals surface area contributed by atoms with Crippen LogP contribution in [0.3, 0.4) is 0 Å². The molecule has 0 saturated carbocycles. The summed E-state index contributed by atoms with van der Waals surface area (Å²) < 4.78 is 45.1. The van der Waals surface area contributed by atoms with Gasteiger partial charge in [0.25, 0.3) is 0 Å². The molecule has 21 heavy (non-hydrogen) atoms. The van der Waals surface area contributed by atoms with Crippen molar-refractivity contribution in [3.8, 4) is 5.75 Å². The number of nitrogens with one attached hydrogen (secondary N) is 1. The molecule has 0 bridgehead atoms. The molecule has 0 atom stereocenters. The Morgan fingerprint density at radius 1 is 1.33 bits per heavy atom. The summed E-state index contributed by atoms with van der Waals surface area (Å²) in [5.41, 5.74) is 1.01. The van der Waals surface area contributed by atoms with Crippen molar-refractivity contribution in [3.63, 3.8) is 0 Å². The second-order valence-electron chi connectivity index (χ2n) is 4.20. The number of nitrogens with zero attached hydrogens (tertiary/aromatic N) is 1. The molecular formula is C13H11F3N2O2S. The first kappa shape index (κ1) is 15.3. The summed E-state index contributed by atoms with van der Waals surface area (Å²) in [5, 5.41) is 3.16. The molecule has 0 amide bonds. The van der Waals surface area contributed by atoms with Crippen LogP contribution in [0.2, 0.25) is 0 Å². The van der Waals surface area contributed by atoms with Gasteiger partial charge >= 0.3 is 6.36 Å². The third-order valence-corrected chi connectivity index (χ3v) is 3.43. The van der Waals surface area contributed by atoms with Gasteiger partial charge in [-0.1, -0.05) is 12.1 Å². The number of ketones is 1. The minimum atomic E-state index is -4.79. The van der Waals surface area contributed by atoms with E-state index in [2.05, 4.69) is 14.4 Å². The van der Waals surface area contributed by atoms with Crippen LogP contribution in [0.4, 0.5) is 23.9 Å². The molecule has 0 aliphatic carbocycles. The van der Waals surface area contributed by atoms with E-state index in [1.165, 1.54) is 25.1 Å². The zero-order valence-corrected chi connectivity index (χ0v) is 11.9. The maximum Gasteiger partial charge on any atom is 0.573 e. The minimum Gasteiger partial charge on any atom is -0.404 e. The predicted octanol–water partition coefficient (Wildman–Crippen LogP) is 4.30. The summed E-state index contributed by atoms with van der Waals surface area (Å²) >= 11 is 1.01. The van der Waals surface area contributed by atoms with E-state index in [-0.39, 0.29) is 17.2 Å². The first-order valence-corrected chi connectivity index (χ1v) is 6.64. The monoisotopic (exact) mass is 316 g/mol. The van der Waals surface area contributed by atoms with Crippen molar-refractivity contribution in [2.24, 2.45) is 0 Å². The Hall–Kier alpha value is -2.09. The van der Waals surface area contributed by atoms with Crippen LogP contribution in [0.15, 0.2) is 24.3 Å². The fourth-order valence-electron chi connectivity index (χ4n) is 1.78. The average molecular weight is 316 g/mol. The highest BCUT2D eigenvalue weighted by Gasteiger charge is 2.32. The van der Waals surface area contributed by atoms with Crippen LogP contribution < -0.4 is 10.1 Å². The number of rotatable bonds is 4. The maximum atomic E-state index is 12.4. The van der Waals surface area contributed by atoms with Crippen LogP contribution in [0, 0.1) is 6.92 Å². The predicted molar refractivity (Wildman–Crippen MR) is 73.3 cm³/mol. The van der Waals surface area contributed by atoms with Crippen molar-refractivity contribution in [1.29, 1.82) is 0 Å². The molecule has 0 saturated heterocycles. The third kappa shape index (κ3) is 3.72. The standard InChI is InChI=1S/C13H11F3N2O2S/c1-7-11(8(2)19)12(21-18-7)17-9-5-3-4-6-10(9)20-13(14,15)16/h3-6,17H,1-2H3. The van der Waals surface area contributed by atoms with Crippen LogP contribution in [0.5, 0.6) is 5.75 Å². The topological polar surface area (TPSA) is 51.2 Å². The molecule has 0 fully saturated rings. The Morgan fingerprint density at radius 2 is 2.00 bits per heavy atom. The Kier molecular flexibility index (Phi) is 4.17. The van der Waals surface area contributed by atoms with Crippen molar-refractivity contribution in [3.05, 3.63) is 35.5 Å². The molecule has 0 aliphatic rings. The van der Waals surface area contributed by atoms with Crippen molar-refractivity contribution >= 4 is 28.0 Å². The Labute approximate surface area is 122 Å². The number of carbonyl (C=O) groups excluding carboxylic acids is 1. The van der Waals surface area contributed by atoms with Gasteiger partial charge in [-0.2, -0.15) is 4.37 Å². The van der Waals surface area contributed by atoms with Crippen LogP contribution in [-0.4, -0.2) is 16.5 Å². The van der Waals surface area contributed by atoms with Gasteiger partial charge in [-0.05, 0) is 37.5 Å². The van der Waals surface area contributed by atoms with E-state index in [1.54, 1.807) is 13.0 Å². The summed E-state index contributed by atoms with van der Waals surface area (Å²) in [6, 6.07) is 5.61. The Bertz CT molecular complexity index is 668. The quantitative estimate of drug-likeness (QED) is 0.855. The van der Waals surface area contributed by atoms with Gasteiger partial charge in [0, 0.05) is 0 Å². The third-order valence-electron chi connectivity index (χ3n) is 2.58. The van der Waals surface area contributed by atoms with Gasteiger partial charge in [0.05, 0.1) is 16.9 Å². The number of aryl methyl sites for hydroxylation is 1. The average Bonchev–Trinajstić information content (AvgIpc) is 2.71. The lowest BCUT2D eigenvalue weighted by atomic mass is 10.2. The van der Waals surface area contributed by atoms with Gasteiger partial charge in [-0.25, -0.2) is 0 Å². The van der Waals surface area contributed by atoms with Gasteiger partial charge in [-0.3, -0.25) is 4.79 Å². The lowest BCUT2D eigenvalue weighted by molar-refractivity contribution is -0.274. The number of Topliss-reactive ketones (excluding diaryl/α,β-unsaturated/α-hetero) is 1. The molecule has 0 radical (unpaired) electrons. The van der Waals surface area contributed by atoms with Crippen LogP contribution >= 0.6 is 11.5 Å². The van der Waals surface area contributed by atoms with Gasteiger partial charge in [-0.15, -0.1) is 13.2 Å². The van der Waals surface area contributed by atoms with Gasteiger partial charge in [0.2, 0.25) is 0 Å². The molecule has 1 aromatic heterocycles. The van der Waals surface area contributed by atoms with Crippen LogP contribution in [0.25, 0.3) is 0 Å². The van der Waals surface area contributed by atoms with Gasteiger partial charge in [0.15, 0.2) is 11.5 Å². The zero-order chi connectivity index (χ0) is 15.6. The molecule has 0 aliphatic heterocycles. The smallest absolute Gasteiger partial charge is 0.404 e. The molecule has 112 valence electrons. The van der Waals surface area contributed by atoms with E-state index >= 15 is 0 Å². The number of para-hydroxylation sites is 2. The van der Waals surface area contributed by atoms with E-state index in [4.69, 9.17) is 0 Å². The van der Waals surface area contributed by atoms with Gasteiger partial charge in [0.1, 0.15) is 5.00 Å². The van der Waals surface area contributed by atoms with E-state index < -0.39 is 6.36 Å². The Morgan fingerprint density at radius 3 is 2.62 bits per heavy atom. The van der Waals surface area contributed by atoms with Crippen molar-refractivity contribution in [2.45, 2.75) is 20.2 Å². The van der Waals surface area contributed by atoms with Gasteiger partial charge < -0.3 is 10.1 Å². The van der Waals surface area contributed by atoms with Crippen molar-refractivity contribution in [2.75, 3.05) is 5.32 Å². The number of alkyl halides is 3. The normalized spacial score (nSPS) is 11.3. The first-order chi connectivity index (χ1) is 9.78. The maximum absolute atomic E-state index is 12.4. The highest BCUT2D eigenvalue weighted by Crippen LogP contribution is 2.35. The van der Waals surface area contributed by atoms with Crippen LogP contribution in [-0.2, 0) is 0 Å². The summed E-state index contributed by atoms with van der Waals surface area (Å²) in [4.78, 5) is 11.6. The van der Waals surface area contributed by atoms with Crippen molar-refractivity contribution < 1.29 is 22.7 Å². The molecular weight excluding hydrogens is 305 g/mol. The highest BCUT2D eigenvalue weighted by molar-refractivity contribution is 7.10. The summed E-state index contributed by atoms with van der Waals surface area (Å²) in [7, 11) is 0. The second-order valence-corrected chi connectivity index (χ2v) is 4.97. The summed E-state index contributed by atoms with van der Waals surface area (Å²) in [5.74, 6) is -0.580. The number of aromatic nitrogens is 1. The molecule has 1 N–H and O–H groups in total. The number of ether oxygens (including phenoxy) is 1. The number of hydrogen-bond donors (Lipinski definition) is 1. The number of anilines is 2. The van der Waals surface area contributed by atoms with E-state index in [9.17, 15) is 18.0 Å². The Balaban J connectivity index is 2.35. The molecule has 0 spiro atoms. The van der Waals surface area contributed by atoms with E-state index in [0.717, 1.165) is 11.5 Å². The second kappa shape index (κ2) is 5.72. The molecule has 1 heterocycles. The summed E-state index contributed by atoms with van der Waals surface area (Å²) in [6.07, 6.45) is -4.79. The fourth-order valence-corrected chi connectivity index (χ4v) is 2.63. The SMILES string of the molecule is CC(=O)c1c(C)nsc1Nc1ccccc1OC(F)(F)F. The number of carbonyl (C=O) groups is 1. The molecule has 1 aromatic carbocycles. The van der Waals surface area contributed by atoms with E-state index in [0.29, 0.717) is 16.3 Å². The number of hydrogen-bond acceptors (Lipinski definition) is 5. The number of halogens is 3. The lowest BCUT2D eigenvalue weighted by Gasteiger charge is -2.14. The minimum absolute atomic E-state index is 0.112. The first-order valence-electron chi connectivity index (χ1n) is 5.87. The zero-order valence-electron chi connectivity index (χ0n) is 11.1. The molecule has 0 unspecified atom stereocenters. The fraction of sp³-hybridized carbons (Fsp3) is 0.231. The molecule has 2 aromatic rings. The molecule has 2 rings (SSSR count). The molecule has 8 heteroatoms. The largest absolute Gasteiger partial charge is 0.573 e. The van der Waals surface area contributed by atoms with E-state index in [1.807, 2.05) is 0 Å². The van der Waals surface area contributed by atoms with Crippen molar-refractivity contribution in [1.82, 2.24) is 4.37 Å². The molecule has 4 nitrogen and oxygen atoms in total. The highest BCUT2D eigenvalue weighted by atomic mass is 32.1. The lowest BCUT2D eigenvalue weighted by Crippen LogP contribution is -2.17. The number of benzene rings is 1. The van der Waals surface area contributed by atoms with Crippen LogP contribution in [0.1, 0.15) is 23.0 Å².